The molecular formula is C10H18O3. The second-order valence-corrected chi connectivity index (χ2v) is 4.79. The highest BCUT2D eigenvalue weighted by atomic mass is 16.7. The number of hydrogen-bond donors (Lipinski definition) is 0. The van der Waals surface area contributed by atoms with Crippen molar-refractivity contribution in [1.29, 1.82) is 0 Å². The predicted molar refractivity (Wildman–Crippen MR) is 48.4 cm³/mol. The minimum Gasteiger partial charge on any atom is -0.373 e. The fourth-order valence-electron chi connectivity index (χ4n) is 1.76. The Labute approximate surface area is 79.4 Å². The lowest BCUT2D eigenvalue weighted by Crippen LogP contribution is -2.49. The summed E-state index contributed by atoms with van der Waals surface area (Å²) < 4.78 is 16.5. The van der Waals surface area contributed by atoms with Gasteiger partial charge in [0.2, 0.25) is 0 Å². The maximum absolute atomic E-state index is 5.66. The van der Waals surface area contributed by atoms with Crippen molar-refractivity contribution in [2.75, 3.05) is 13.2 Å². The van der Waals surface area contributed by atoms with Crippen molar-refractivity contribution in [2.45, 2.75) is 45.2 Å². The summed E-state index contributed by atoms with van der Waals surface area (Å²) in [4.78, 5) is 0. The van der Waals surface area contributed by atoms with Gasteiger partial charge in [0.05, 0.1) is 24.9 Å². The average Bonchev–Trinajstić information content (AvgIpc) is 2.30. The summed E-state index contributed by atoms with van der Waals surface area (Å²) in [7, 11) is 0. The number of fused-ring (bicyclic) bond motifs is 1. The molecule has 0 aliphatic carbocycles. The molecule has 2 heterocycles. The molecule has 0 aromatic rings. The van der Waals surface area contributed by atoms with E-state index in [1.54, 1.807) is 0 Å². The summed E-state index contributed by atoms with van der Waals surface area (Å²) in [5, 5.41) is 0. The molecule has 2 rings (SSSR count). The van der Waals surface area contributed by atoms with Gasteiger partial charge in [-0.1, -0.05) is 0 Å². The van der Waals surface area contributed by atoms with Crippen LogP contribution in [-0.2, 0) is 14.2 Å². The van der Waals surface area contributed by atoms with Crippen LogP contribution in [0.1, 0.15) is 27.2 Å². The maximum Gasteiger partial charge on any atom is 0.163 e. The van der Waals surface area contributed by atoms with Crippen molar-refractivity contribution in [1.82, 2.24) is 0 Å². The van der Waals surface area contributed by atoms with E-state index in [4.69, 9.17) is 14.2 Å². The predicted octanol–water partition coefficient (Wildman–Crippen LogP) is 1.56. The first-order valence-corrected chi connectivity index (χ1v) is 4.97. The second-order valence-electron chi connectivity index (χ2n) is 4.79. The Kier molecular flexibility index (Phi) is 2.34. The van der Waals surface area contributed by atoms with Gasteiger partial charge < -0.3 is 14.2 Å². The highest BCUT2D eigenvalue weighted by Crippen LogP contribution is 2.37. The Morgan fingerprint density at radius 2 is 2.15 bits per heavy atom. The van der Waals surface area contributed by atoms with Crippen molar-refractivity contribution < 1.29 is 14.2 Å². The molecule has 0 aromatic heterocycles. The molecule has 0 amide bonds. The molecule has 76 valence electrons. The van der Waals surface area contributed by atoms with Gasteiger partial charge in [0.1, 0.15) is 0 Å². The van der Waals surface area contributed by atoms with E-state index >= 15 is 0 Å². The number of ether oxygens (including phenoxy) is 3. The highest BCUT2D eigenvalue weighted by Gasteiger charge is 2.46. The molecule has 0 unspecified atom stereocenters. The van der Waals surface area contributed by atoms with Gasteiger partial charge in [0, 0.05) is 5.92 Å². The van der Waals surface area contributed by atoms with Crippen molar-refractivity contribution >= 4 is 0 Å². The summed E-state index contributed by atoms with van der Waals surface area (Å²) in [6, 6.07) is 0. The zero-order chi connectivity index (χ0) is 9.47. The van der Waals surface area contributed by atoms with Crippen LogP contribution in [0.15, 0.2) is 0 Å². The molecule has 0 saturated carbocycles. The maximum atomic E-state index is 5.66. The minimum absolute atomic E-state index is 0.0616. The van der Waals surface area contributed by atoms with E-state index in [1.807, 2.05) is 0 Å². The molecule has 0 bridgehead atoms. The van der Waals surface area contributed by atoms with Crippen LogP contribution in [0.3, 0.4) is 0 Å². The molecule has 0 spiro atoms. The third-order valence-electron chi connectivity index (χ3n) is 2.55. The molecule has 13 heavy (non-hydrogen) atoms. The van der Waals surface area contributed by atoms with Gasteiger partial charge in [-0.15, -0.1) is 0 Å². The van der Waals surface area contributed by atoms with Gasteiger partial charge in [-0.05, 0) is 27.2 Å². The van der Waals surface area contributed by atoms with Gasteiger partial charge in [-0.3, -0.25) is 0 Å². The zero-order valence-corrected chi connectivity index (χ0v) is 8.58. The van der Waals surface area contributed by atoms with Gasteiger partial charge in [0.25, 0.3) is 0 Å². The molecule has 2 aliphatic heterocycles. The number of rotatable bonds is 2. The highest BCUT2D eigenvalue weighted by molar-refractivity contribution is 4.87. The average molecular weight is 186 g/mol. The Hall–Kier alpha value is -0.120. The molecule has 0 aromatic carbocycles. The van der Waals surface area contributed by atoms with E-state index in [9.17, 15) is 0 Å². The fraction of sp³-hybridized carbons (Fsp3) is 1.00. The van der Waals surface area contributed by atoms with Crippen LogP contribution in [0.25, 0.3) is 0 Å². The third-order valence-corrected chi connectivity index (χ3v) is 2.55. The lowest BCUT2D eigenvalue weighted by molar-refractivity contribution is -0.280. The largest absolute Gasteiger partial charge is 0.373 e. The van der Waals surface area contributed by atoms with Crippen molar-refractivity contribution in [3.63, 3.8) is 0 Å². The van der Waals surface area contributed by atoms with Crippen molar-refractivity contribution in [3.05, 3.63) is 0 Å². The summed E-state index contributed by atoms with van der Waals surface area (Å²) in [6.07, 6.45) is 1.48. The molecule has 2 aliphatic rings. The van der Waals surface area contributed by atoms with Crippen LogP contribution < -0.4 is 0 Å². The topological polar surface area (TPSA) is 27.7 Å². The normalized spacial score (nSPS) is 38.5. The van der Waals surface area contributed by atoms with Crippen LogP contribution in [0.2, 0.25) is 0 Å². The summed E-state index contributed by atoms with van der Waals surface area (Å²) in [5.74, 6) is 0.586. The van der Waals surface area contributed by atoms with Gasteiger partial charge in [-0.2, -0.15) is 0 Å². The van der Waals surface area contributed by atoms with Crippen LogP contribution in [0.4, 0.5) is 0 Å². The molecule has 3 heteroatoms. The van der Waals surface area contributed by atoms with E-state index in [-0.39, 0.29) is 18.0 Å². The van der Waals surface area contributed by atoms with E-state index in [0.29, 0.717) is 12.5 Å². The van der Waals surface area contributed by atoms with Crippen LogP contribution in [0.5, 0.6) is 0 Å². The van der Waals surface area contributed by atoms with Crippen LogP contribution in [0, 0.1) is 5.92 Å². The smallest absolute Gasteiger partial charge is 0.163 e. The SMILES string of the molecule is CC(C)(C)OC[C@@H]1O[C@H]2OCC[C@H]21. The van der Waals surface area contributed by atoms with Crippen LogP contribution >= 0.6 is 0 Å². The third kappa shape index (κ3) is 2.03. The van der Waals surface area contributed by atoms with Crippen molar-refractivity contribution in [2.24, 2.45) is 5.92 Å². The van der Waals surface area contributed by atoms with Crippen LogP contribution in [-0.4, -0.2) is 31.2 Å². The number of hydrogen-bond acceptors (Lipinski definition) is 3. The Bertz CT molecular complexity index is 185. The Morgan fingerprint density at radius 3 is 2.77 bits per heavy atom. The standard InChI is InChI=1S/C10H18O3/c1-10(2,3)12-6-8-7-4-5-11-9(7)13-8/h7-9H,4-6H2,1-3H3/t7-,8-,9+/m0/s1. The molecule has 3 nitrogen and oxygen atoms in total. The minimum atomic E-state index is -0.0616. The van der Waals surface area contributed by atoms with E-state index in [0.717, 1.165) is 13.0 Å². The second kappa shape index (κ2) is 3.23. The molecule has 0 N–H and O–H groups in total. The Balaban J connectivity index is 1.73. The Morgan fingerprint density at radius 1 is 1.38 bits per heavy atom. The molecule has 3 atom stereocenters. The van der Waals surface area contributed by atoms with Crippen molar-refractivity contribution in [3.8, 4) is 0 Å². The van der Waals surface area contributed by atoms with E-state index in [2.05, 4.69) is 20.8 Å². The monoisotopic (exact) mass is 186 g/mol. The molecule has 0 radical (unpaired) electrons. The first-order valence-electron chi connectivity index (χ1n) is 4.97. The van der Waals surface area contributed by atoms with Gasteiger partial charge in [0.15, 0.2) is 6.29 Å². The van der Waals surface area contributed by atoms with Gasteiger partial charge >= 0.3 is 0 Å². The molecule has 2 fully saturated rings. The van der Waals surface area contributed by atoms with E-state index < -0.39 is 0 Å². The lowest BCUT2D eigenvalue weighted by atomic mass is 9.95. The lowest BCUT2D eigenvalue weighted by Gasteiger charge is -2.40. The fourth-order valence-corrected chi connectivity index (χ4v) is 1.76. The molecule has 2 saturated heterocycles. The van der Waals surface area contributed by atoms with E-state index in [1.165, 1.54) is 0 Å². The summed E-state index contributed by atoms with van der Waals surface area (Å²) in [6.45, 7) is 7.74. The summed E-state index contributed by atoms with van der Waals surface area (Å²) in [5.41, 5.74) is -0.0616. The molecular weight excluding hydrogens is 168 g/mol. The quantitative estimate of drug-likeness (QED) is 0.655. The first kappa shape index (κ1) is 9.44. The van der Waals surface area contributed by atoms with Gasteiger partial charge in [-0.25, -0.2) is 0 Å². The summed E-state index contributed by atoms with van der Waals surface area (Å²) >= 11 is 0. The zero-order valence-electron chi connectivity index (χ0n) is 8.58. The first-order chi connectivity index (χ1) is 6.06.